The van der Waals surface area contributed by atoms with Crippen molar-refractivity contribution in [3.05, 3.63) is 70.5 Å². The van der Waals surface area contributed by atoms with Crippen LogP contribution in [0.4, 0.5) is 11.4 Å². The van der Waals surface area contributed by atoms with Gasteiger partial charge >= 0.3 is 0 Å². The Morgan fingerprint density at radius 2 is 1.75 bits per heavy atom. The Morgan fingerprint density at radius 1 is 1.06 bits per heavy atom. The van der Waals surface area contributed by atoms with Gasteiger partial charge in [0.2, 0.25) is 0 Å². The minimum atomic E-state index is -0.152. The zero-order valence-corrected chi connectivity index (χ0v) is 19.9. The number of aryl methyl sites for hydroxylation is 1. The Kier molecular flexibility index (Phi) is 6.53. The largest absolute Gasteiger partial charge is 0.369 e. The summed E-state index contributed by atoms with van der Waals surface area (Å²) in [7, 11) is 2.16. The summed E-state index contributed by atoms with van der Waals surface area (Å²) in [6.07, 6.45) is 1.64. The first-order valence-corrected chi connectivity index (χ1v) is 11.4. The Balaban J connectivity index is 1.55. The molecular weight excluding hydrogens is 422 g/mol. The minimum Gasteiger partial charge on any atom is -0.369 e. The van der Waals surface area contributed by atoms with Gasteiger partial charge in [-0.25, -0.2) is 4.68 Å². The molecule has 6 nitrogen and oxygen atoms in total. The molecule has 1 saturated heterocycles. The molecule has 1 fully saturated rings. The number of rotatable bonds is 5. The van der Waals surface area contributed by atoms with Crippen molar-refractivity contribution in [2.24, 2.45) is 0 Å². The van der Waals surface area contributed by atoms with Crippen molar-refractivity contribution < 1.29 is 4.79 Å². The molecule has 1 aromatic heterocycles. The highest BCUT2D eigenvalue weighted by molar-refractivity contribution is 6.30. The molecule has 0 radical (unpaired) electrons. The number of anilines is 2. The highest BCUT2D eigenvalue weighted by Crippen LogP contribution is 2.27. The second-order valence-electron chi connectivity index (χ2n) is 8.73. The molecule has 1 aliphatic rings. The number of amides is 1. The number of nitrogens with one attached hydrogen (secondary N) is 1. The second-order valence-corrected chi connectivity index (χ2v) is 9.17. The smallest absolute Gasteiger partial charge is 0.259 e. The van der Waals surface area contributed by atoms with Gasteiger partial charge in [0.15, 0.2) is 0 Å². The van der Waals surface area contributed by atoms with Crippen molar-refractivity contribution >= 4 is 28.9 Å². The summed E-state index contributed by atoms with van der Waals surface area (Å²) in [6.45, 7) is 10.4. The minimum absolute atomic E-state index is 0.121. The van der Waals surface area contributed by atoms with Gasteiger partial charge in [0.25, 0.3) is 5.91 Å². The Morgan fingerprint density at radius 3 is 2.38 bits per heavy atom. The van der Waals surface area contributed by atoms with Crippen LogP contribution in [0.15, 0.2) is 48.7 Å². The van der Waals surface area contributed by atoms with Gasteiger partial charge in [0, 0.05) is 42.6 Å². The molecule has 3 aromatic rings. The first-order chi connectivity index (χ1) is 15.3. The molecule has 0 bridgehead atoms. The third kappa shape index (κ3) is 4.66. The molecule has 0 saturated carbocycles. The van der Waals surface area contributed by atoms with Crippen LogP contribution < -0.4 is 10.2 Å². The van der Waals surface area contributed by atoms with Crippen LogP contribution in [0.1, 0.15) is 41.4 Å². The van der Waals surface area contributed by atoms with Gasteiger partial charge in [0.1, 0.15) is 0 Å². The lowest BCUT2D eigenvalue weighted by Crippen LogP contribution is -2.44. The van der Waals surface area contributed by atoms with Crippen molar-refractivity contribution in [1.29, 1.82) is 0 Å². The molecule has 0 unspecified atom stereocenters. The molecule has 4 rings (SSSR count). The van der Waals surface area contributed by atoms with Crippen molar-refractivity contribution in [3.8, 4) is 5.69 Å². The standard InChI is InChI=1S/C25H30ClN5O/c1-17(2)24-22(16-27-31(24)21-8-5-19(26)6-9-21)25(32)28-20-7-10-23(18(3)15-20)30-13-11-29(4)12-14-30/h5-10,15-17H,11-14H2,1-4H3,(H,28,32). The fraction of sp³-hybridized carbons (Fsp3) is 0.360. The highest BCUT2D eigenvalue weighted by Gasteiger charge is 2.22. The lowest BCUT2D eigenvalue weighted by molar-refractivity contribution is 0.102. The van der Waals surface area contributed by atoms with E-state index in [0.29, 0.717) is 10.6 Å². The molecule has 1 amide bonds. The van der Waals surface area contributed by atoms with Crippen LogP contribution in [0.2, 0.25) is 5.02 Å². The maximum absolute atomic E-state index is 13.2. The van der Waals surface area contributed by atoms with Crippen LogP contribution in [0.5, 0.6) is 0 Å². The lowest BCUT2D eigenvalue weighted by atomic mass is 10.0. The van der Waals surface area contributed by atoms with E-state index in [1.54, 1.807) is 6.20 Å². The van der Waals surface area contributed by atoms with Gasteiger partial charge in [-0.2, -0.15) is 5.10 Å². The molecule has 1 aliphatic heterocycles. The number of benzene rings is 2. The number of carbonyl (C=O) groups excluding carboxylic acids is 1. The van der Waals surface area contributed by atoms with E-state index in [9.17, 15) is 4.79 Å². The van der Waals surface area contributed by atoms with E-state index in [4.69, 9.17) is 11.6 Å². The number of carbonyl (C=O) groups is 1. The summed E-state index contributed by atoms with van der Waals surface area (Å²) < 4.78 is 1.82. The summed E-state index contributed by atoms with van der Waals surface area (Å²) in [5, 5.41) is 8.23. The molecule has 2 heterocycles. The molecule has 2 aromatic carbocycles. The maximum atomic E-state index is 13.2. The SMILES string of the molecule is Cc1cc(NC(=O)c2cnn(-c3ccc(Cl)cc3)c2C(C)C)ccc1N1CCN(C)CC1. The molecule has 0 spiro atoms. The summed E-state index contributed by atoms with van der Waals surface area (Å²) in [5.74, 6) is -0.0315. The molecule has 168 valence electrons. The van der Waals surface area contributed by atoms with E-state index in [1.165, 1.54) is 5.69 Å². The predicted octanol–water partition coefficient (Wildman–Crippen LogP) is 4.96. The monoisotopic (exact) mass is 451 g/mol. The lowest BCUT2D eigenvalue weighted by Gasteiger charge is -2.35. The van der Waals surface area contributed by atoms with Crippen molar-refractivity contribution in [2.75, 3.05) is 43.4 Å². The molecular formula is C25H30ClN5O. The van der Waals surface area contributed by atoms with Gasteiger partial charge < -0.3 is 15.1 Å². The van der Waals surface area contributed by atoms with Gasteiger partial charge in [-0.15, -0.1) is 0 Å². The fourth-order valence-electron chi connectivity index (χ4n) is 4.21. The van der Waals surface area contributed by atoms with Crippen LogP contribution >= 0.6 is 11.6 Å². The molecule has 1 N–H and O–H groups in total. The van der Waals surface area contributed by atoms with Gasteiger partial charge in [-0.05, 0) is 67.9 Å². The molecule has 0 aliphatic carbocycles. The topological polar surface area (TPSA) is 53.4 Å². The van der Waals surface area contributed by atoms with Crippen LogP contribution in [-0.4, -0.2) is 53.8 Å². The number of nitrogens with zero attached hydrogens (tertiary/aromatic N) is 4. The number of hydrogen-bond acceptors (Lipinski definition) is 4. The first kappa shape index (κ1) is 22.4. The van der Waals surface area contributed by atoms with Crippen molar-refractivity contribution in [2.45, 2.75) is 26.7 Å². The number of likely N-dealkylation sites (N-methyl/N-ethyl adjacent to an activating group) is 1. The molecule has 32 heavy (non-hydrogen) atoms. The summed E-state index contributed by atoms with van der Waals surface area (Å²) in [6, 6.07) is 13.6. The van der Waals surface area contributed by atoms with E-state index < -0.39 is 0 Å². The average Bonchev–Trinajstić information content (AvgIpc) is 3.21. The van der Waals surface area contributed by atoms with Gasteiger partial charge in [-0.3, -0.25) is 4.79 Å². The van der Waals surface area contributed by atoms with Gasteiger partial charge in [-0.1, -0.05) is 25.4 Å². The van der Waals surface area contributed by atoms with E-state index in [1.807, 2.05) is 41.1 Å². The third-order valence-electron chi connectivity index (χ3n) is 5.97. The normalized spacial score (nSPS) is 14.8. The van der Waals surface area contributed by atoms with Gasteiger partial charge in [0.05, 0.1) is 23.1 Å². The van der Waals surface area contributed by atoms with Crippen molar-refractivity contribution in [3.63, 3.8) is 0 Å². The summed E-state index contributed by atoms with van der Waals surface area (Å²) in [5.41, 5.74) is 5.51. The second kappa shape index (κ2) is 9.35. The van der Waals surface area contributed by atoms with Crippen LogP contribution in [-0.2, 0) is 0 Å². The number of aromatic nitrogens is 2. The van der Waals surface area contributed by atoms with E-state index in [-0.39, 0.29) is 11.8 Å². The van der Waals surface area contributed by atoms with Crippen LogP contribution in [0.25, 0.3) is 5.69 Å². The first-order valence-electron chi connectivity index (χ1n) is 11.0. The Labute approximate surface area is 194 Å². The zero-order valence-electron chi connectivity index (χ0n) is 19.1. The number of halogens is 1. The number of piperazine rings is 1. The average molecular weight is 452 g/mol. The Hall–Kier alpha value is -2.83. The van der Waals surface area contributed by atoms with E-state index in [0.717, 1.165) is 48.8 Å². The van der Waals surface area contributed by atoms with E-state index in [2.05, 4.69) is 54.1 Å². The van der Waals surface area contributed by atoms with Crippen LogP contribution in [0.3, 0.4) is 0 Å². The summed E-state index contributed by atoms with van der Waals surface area (Å²) >= 11 is 6.03. The highest BCUT2D eigenvalue weighted by atomic mass is 35.5. The summed E-state index contributed by atoms with van der Waals surface area (Å²) in [4.78, 5) is 17.9. The van der Waals surface area contributed by atoms with E-state index >= 15 is 0 Å². The third-order valence-corrected chi connectivity index (χ3v) is 6.22. The number of hydrogen-bond donors (Lipinski definition) is 1. The van der Waals surface area contributed by atoms with Crippen LogP contribution in [0, 0.1) is 6.92 Å². The Bertz CT molecular complexity index is 1100. The molecule has 7 heteroatoms. The fourth-order valence-corrected chi connectivity index (χ4v) is 4.34. The van der Waals surface area contributed by atoms with Crippen molar-refractivity contribution in [1.82, 2.24) is 14.7 Å². The predicted molar refractivity (Wildman–Crippen MR) is 132 cm³/mol. The zero-order chi connectivity index (χ0) is 22.8. The maximum Gasteiger partial charge on any atom is 0.259 e. The molecule has 0 atom stereocenters. The quantitative estimate of drug-likeness (QED) is 0.595.